The Kier molecular flexibility index (Phi) is 5.36. The van der Waals surface area contributed by atoms with Crippen LogP contribution < -0.4 is 10.2 Å². The van der Waals surface area contributed by atoms with Crippen LogP contribution in [0.1, 0.15) is 39.5 Å². The zero-order valence-corrected chi connectivity index (χ0v) is 12.8. The van der Waals surface area contributed by atoms with Crippen molar-refractivity contribution in [2.75, 3.05) is 29.9 Å². The van der Waals surface area contributed by atoms with Gasteiger partial charge in [0.05, 0.1) is 17.1 Å². The minimum absolute atomic E-state index is 0.107. The molecule has 1 atom stereocenters. The summed E-state index contributed by atoms with van der Waals surface area (Å²) in [4.78, 5) is 17.5. The molecule has 0 bridgehead atoms. The predicted octanol–water partition coefficient (Wildman–Crippen LogP) is 3.44. The number of nitrogens with one attached hydrogen (secondary N) is 1. The molecular formula is C15H24N4O2. The number of aromatic nitrogens is 1. The number of hydrogen-bond acceptors (Lipinski definition) is 5. The number of nitrogens with zero attached hydrogens (tertiary/aromatic N) is 3. The Balaban J connectivity index is 2.23. The van der Waals surface area contributed by atoms with E-state index < -0.39 is 0 Å². The minimum Gasteiger partial charge on any atom is -0.370 e. The largest absolute Gasteiger partial charge is 0.370 e. The first-order valence-electron chi connectivity index (χ1n) is 7.75. The van der Waals surface area contributed by atoms with Gasteiger partial charge in [-0.15, -0.1) is 0 Å². The molecule has 1 aromatic rings. The Labute approximate surface area is 125 Å². The Bertz CT molecular complexity index is 493. The van der Waals surface area contributed by atoms with Gasteiger partial charge in [0.25, 0.3) is 5.69 Å². The van der Waals surface area contributed by atoms with Crippen molar-refractivity contribution >= 4 is 17.3 Å². The molecule has 1 aliphatic rings. The van der Waals surface area contributed by atoms with E-state index in [1.807, 2.05) is 0 Å². The molecule has 2 heterocycles. The van der Waals surface area contributed by atoms with E-state index in [1.165, 1.54) is 12.5 Å². The molecule has 6 heteroatoms. The summed E-state index contributed by atoms with van der Waals surface area (Å²) in [6.45, 7) is 6.93. The van der Waals surface area contributed by atoms with Gasteiger partial charge in [0.1, 0.15) is 11.6 Å². The van der Waals surface area contributed by atoms with Crippen molar-refractivity contribution in [3.05, 3.63) is 22.2 Å². The average molecular weight is 292 g/mol. The van der Waals surface area contributed by atoms with E-state index in [0.29, 0.717) is 11.7 Å². The van der Waals surface area contributed by atoms with Crippen molar-refractivity contribution in [2.24, 2.45) is 5.92 Å². The van der Waals surface area contributed by atoms with Gasteiger partial charge < -0.3 is 10.2 Å². The summed E-state index contributed by atoms with van der Waals surface area (Å²) in [5.74, 6) is 2.03. The summed E-state index contributed by atoms with van der Waals surface area (Å²) in [5, 5.41) is 14.3. The third-order valence-corrected chi connectivity index (χ3v) is 3.90. The second kappa shape index (κ2) is 7.24. The van der Waals surface area contributed by atoms with Gasteiger partial charge in [-0.3, -0.25) is 10.1 Å². The maximum atomic E-state index is 11.1. The van der Waals surface area contributed by atoms with E-state index in [2.05, 4.69) is 29.0 Å². The van der Waals surface area contributed by atoms with Crippen LogP contribution >= 0.6 is 0 Å². The van der Waals surface area contributed by atoms with E-state index in [0.717, 1.165) is 44.7 Å². The molecule has 1 saturated heterocycles. The fourth-order valence-corrected chi connectivity index (χ4v) is 2.61. The highest BCUT2D eigenvalue weighted by Gasteiger charge is 2.19. The molecule has 6 nitrogen and oxygen atoms in total. The summed E-state index contributed by atoms with van der Waals surface area (Å²) in [5.41, 5.74) is 0.107. The smallest absolute Gasteiger partial charge is 0.276 e. The molecule has 0 saturated carbocycles. The van der Waals surface area contributed by atoms with Gasteiger partial charge in [0.15, 0.2) is 0 Å². The second-order valence-electron chi connectivity index (χ2n) is 5.78. The second-order valence-corrected chi connectivity index (χ2v) is 5.78. The van der Waals surface area contributed by atoms with Crippen LogP contribution in [0.5, 0.6) is 0 Å². The molecule has 1 aliphatic heterocycles. The number of pyridine rings is 1. The van der Waals surface area contributed by atoms with Crippen LogP contribution in [-0.2, 0) is 0 Å². The molecule has 0 aliphatic carbocycles. The first-order chi connectivity index (χ1) is 10.1. The average Bonchev–Trinajstić information content (AvgIpc) is 2.69. The van der Waals surface area contributed by atoms with Crippen LogP contribution in [0, 0.1) is 16.0 Å². The Morgan fingerprint density at radius 1 is 1.43 bits per heavy atom. The summed E-state index contributed by atoms with van der Waals surface area (Å²) in [7, 11) is 0. The van der Waals surface area contributed by atoms with Crippen molar-refractivity contribution in [1.82, 2.24) is 4.98 Å². The molecule has 0 radical (unpaired) electrons. The Morgan fingerprint density at radius 3 is 2.95 bits per heavy atom. The minimum atomic E-state index is -0.344. The van der Waals surface area contributed by atoms with Gasteiger partial charge in [-0.05, 0) is 31.6 Å². The molecule has 2 rings (SSSR count). The normalized spacial score (nSPS) is 19.1. The zero-order chi connectivity index (χ0) is 15.2. The van der Waals surface area contributed by atoms with Crippen molar-refractivity contribution in [3.63, 3.8) is 0 Å². The van der Waals surface area contributed by atoms with Gasteiger partial charge in [-0.1, -0.05) is 13.8 Å². The van der Waals surface area contributed by atoms with Crippen molar-refractivity contribution in [3.8, 4) is 0 Å². The molecule has 0 aromatic carbocycles. The number of hydrogen-bond donors (Lipinski definition) is 1. The lowest BCUT2D eigenvalue weighted by Crippen LogP contribution is -2.25. The standard InChI is InChI=1S/C15H24N4O2/c1-3-7-16-14-10-13(19(20)21)11-15(17-14)18-8-4-5-12(2)6-9-18/h10-12H,3-9H2,1-2H3,(H,16,17). The molecule has 0 amide bonds. The number of anilines is 2. The van der Waals surface area contributed by atoms with Gasteiger partial charge >= 0.3 is 0 Å². The van der Waals surface area contributed by atoms with E-state index in [-0.39, 0.29) is 10.6 Å². The van der Waals surface area contributed by atoms with E-state index in [9.17, 15) is 10.1 Å². The van der Waals surface area contributed by atoms with Crippen LogP contribution in [0.3, 0.4) is 0 Å². The van der Waals surface area contributed by atoms with Crippen molar-refractivity contribution in [1.29, 1.82) is 0 Å². The van der Waals surface area contributed by atoms with Crippen LogP contribution in [-0.4, -0.2) is 29.5 Å². The van der Waals surface area contributed by atoms with Crippen LogP contribution in [0.4, 0.5) is 17.3 Å². The Hall–Kier alpha value is -1.85. The first kappa shape index (κ1) is 15.5. The fourth-order valence-electron chi connectivity index (χ4n) is 2.61. The monoisotopic (exact) mass is 292 g/mol. The lowest BCUT2D eigenvalue weighted by atomic mass is 10.0. The van der Waals surface area contributed by atoms with Gasteiger partial charge in [0, 0.05) is 19.6 Å². The van der Waals surface area contributed by atoms with Gasteiger partial charge in [0.2, 0.25) is 0 Å². The topological polar surface area (TPSA) is 71.3 Å². The Morgan fingerprint density at radius 2 is 2.24 bits per heavy atom. The fraction of sp³-hybridized carbons (Fsp3) is 0.667. The molecule has 0 spiro atoms. The third-order valence-electron chi connectivity index (χ3n) is 3.90. The maximum Gasteiger partial charge on any atom is 0.276 e. The molecule has 1 aromatic heterocycles. The first-order valence-corrected chi connectivity index (χ1v) is 7.75. The molecule has 116 valence electrons. The quantitative estimate of drug-likeness (QED) is 0.665. The van der Waals surface area contributed by atoms with Gasteiger partial charge in [-0.2, -0.15) is 0 Å². The maximum absolute atomic E-state index is 11.1. The van der Waals surface area contributed by atoms with Crippen LogP contribution in [0.25, 0.3) is 0 Å². The summed E-state index contributed by atoms with van der Waals surface area (Å²) < 4.78 is 0. The highest BCUT2D eigenvalue weighted by molar-refractivity contribution is 5.56. The van der Waals surface area contributed by atoms with Crippen molar-refractivity contribution < 1.29 is 4.92 Å². The third kappa shape index (κ3) is 4.31. The van der Waals surface area contributed by atoms with Gasteiger partial charge in [-0.25, -0.2) is 4.98 Å². The van der Waals surface area contributed by atoms with Crippen LogP contribution in [0.2, 0.25) is 0 Å². The predicted molar refractivity (Wildman–Crippen MR) is 84.9 cm³/mol. The lowest BCUT2D eigenvalue weighted by Gasteiger charge is -2.22. The number of rotatable bonds is 5. The highest BCUT2D eigenvalue weighted by Crippen LogP contribution is 2.26. The van der Waals surface area contributed by atoms with Crippen LogP contribution in [0.15, 0.2) is 12.1 Å². The lowest BCUT2D eigenvalue weighted by molar-refractivity contribution is -0.384. The summed E-state index contributed by atoms with van der Waals surface area (Å²) >= 11 is 0. The molecule has 21 heavy (non-hydrogen) atoms. The highest BCUT2D eigenvalue weighted by atomic mass is 16.6. The molecular weight excluding hydrogens is 268 g/mol. The van der Waals surface area contributed by atoms with E-state index in [1.54, 1.807) is 6.07 Å². The molecule has 1 unspecified atom stereocenters. The van der Waals surface area contributed by atoms with E-state index in [4.69, 9.17) is 0 Å². The molecule has 1 N–H and O–H groups in total. The summed E-state index contributed by atoms with van der Waals surface area (Å²) in [6, 6.07) is 3.10. The van der Waals surface area contributed by atoms with Crippen molar-refractivity contribution in [2.45, 2.75) is 39.5 Å². The SMILES string of the molecule is CCCNc1cc([N+](=O)[O-])cc(N2CCCC(C)CC2)n1. The molecule has 1 fully saturated rings. The van der Waals surface area contributed by atoms with E-state index >= 15 is 0 Å². The number of nitro groups is 1. The zero-order valence-electron chi connectivity index (χ0n) is 12.8. The summed E-state index contributed by atoms with van der Waals surface area (Å²) in [6.07, 6.45) is 4.40.